The largest absolute Gasteiger partial charge is 0.508 e. The van der Waals surface area contributed by atoms with Crippen LogP contribution in [0.15, 0.2) is 28.7 Å². The zero-order chi connectivity index (χ0) is 12.3. The minimum atomic E-state index is 0.203. The Labute approximate surface area is 98.3 Å². The van der Waals surface area contributed by atoms with Crippen LogP contribution in [0.1, 0.15) is 17.1 Å². The number of phenolic OH excluding ortho intramolecular Hbond substituents is 1. The highest BCUT2D eigenvalue weighted by Gasteiger charge is 2.10. The third kappa shape index (κ3) is 2.37. The molecule has 0 aliphatic rings. The molecule has 0 atom stereocenters. The third-order valence-corrected chi connectivity index (χ3v) is 2.27. The van der Waals surface area contributed by atoms with E-state index in [4.69, 9.17) is 9.68 Å². The fraction of sp³-hybridized carbons (Fsp3) is 0.167. The average Bonchev–Trinajstić information content (AvgIpc) is 2.69. The Morgan fingerprint density at radius 3 is 2.94 bits per heavy atom. The van der Waals surface area contributed by atoms with E-state index in [2.05, 4.69) is 10.3 Å². The third-order valence-electron chi connectivity index (χ3n) is 2.27. The Bertz CT molecular complexity index is 569. The van der Waals surface area contributed by atoms with E-state index in [9.17, 15) is 5.11 Å². The lowest BCUT2D eigenvalue weighted by atomic mass is 10.2. The minimum absolute atomic E-state index is 0.203. The fourth-order valence-corrected chi connectivity index (χ4v) is 1.46. The van der Waals surface area contributed by atoms with Crippen molar-refractivity contribution in [3.63, 3.8) is 0 Å². The van der Waals surface area contributed by atoms with Crippen LogP contribution < -0.4 is 5.32 Å². The minimum Gasteiger partial charge on any atom is -0.508 e. The number of para-hydroxylation sites is 1. The Hall–Kier alpha value is -2.48. The molecule has 0 spiro atoms. The van der Waals surface area contributed by atoms with Crippen molar-refractivity contribution >= 4 is 5.88 Å². The van der Waals surface area contributed by atoms with Crippen LogP contribution in [0.5, 0.6) is 5.75 Å². The molecular weight excluding hydrogens is 218 g/mol. The zero-order valence-electron chi connectivity index (χ0n) is 9.27. The lowest BCUT2D eigenvalue weighted by Gasteiger charge is -2.04. The SMILES string of the molecule is Cc1nc(C#N)c(NCc2ccccc2O)o1. The lowest BCUT2D eigenvalue weighted by Crippen LogP contribution is -2.00. The highest BCUT2D eigenvalue weighted by atomic mass is 16.4. The summed E-state index contributed by atoms with van der Waals surface area (Å²) in [4.78, 5) is 3.91. The topological polar surface area (TPSA) is 82.1 Å². The van der Waals surface area contributed by atoms with Crippen molar-refractivity contribution < 1.29 is 9.52 Å². The molecule has 17 heavy (non-hydrogen) atoms. The molecule has 1 heterocycles. The van der Waals surface area contributed by atoms with E-state index in [0.29, 0.717) is 18.3 Å². The molecule has 0 aliphatic carbocycles. The van der Waals surface area contributed by atoms with Gasteiger partial charge in [-0.3, -0.25) is 0 Å². The number of benzene rings is 1. The molecule has 0 aliphatic heterocycles. The van der Waals surface area contributed by atoms with Gasteiger partial charge in [0.25, 0.3) is 0 Å². The van der Waals surface area contributed by atoms with E-state index in [1.807, 2.05) is 12.1 Å². The van der Waals surface area contributed by atoms with Crippen molar-refractivity contribution in [2.75, 3.05) is 5.32 Å². The molecule has 2 N–H and O–H groups in total. The first kappa shape index (κ1) is 11.0. The Morgan fingerprint density at radius 1 is 1.47 bits per heavy atom. The first-order valence-electron chi connectivity index (χ1n) is 5.09. The molecule has 0 fully saturated rings. The van der Waals surface area contributed by atoms with Gasteiger partial charge in [-0.05, 0) is 6.07 Å². The van der Waals surface area contributed by atoms with Crippen LogP contribution in [0.25, 0.3) is 0 Å². The first-order valence-corrected chi connectivity index (χ1v) is 5.09. The average molecular weight is 229 g/mol. The normalized spacial score (nSPS) is 9.88. The van der Waals surface area contributed by atoms with Crippen LogP contribution in [0, 0.1) is 18.3 Å². The molecule has 0 unspecified atom stereocenters. The summed E-state index contributed by atoms with van der Waals surface area (Å²) in [7, 11) is 0. The quantitative estimate of drug-likeness (QED) is 0.842. The maximum absolute atomic E-state index is 9.57. The van der Waals surface area contributed by atoms with Gasteiger partial charge in [0, 0.05) is 19.0 Å². The van der Waals surface area contributed by atoms with Crippen LogP contribution in [-0.2, 0) is 6.54 Å². The van der Waals surface area contributed by atoms with Gasteiger partial charge in [0.1, 0.15) is 11.8 Å². The van der Waals surface area contributed by atoms with Gasteiger partial charge in [-0.1, -0.05) is 18.2 Å². The second kappa shape index (κ2) is 4.58. The molecule has 0 amide bonds. The second-order valence-corrected chi connectivity index (χ2v) is 3.50. The van der Waals surface area contributed by atoms with E-state index in [-0.39, 0.29) is 11.4 Å². The summed E-state index contributed by atoms with van der Waals surface area (Å²) in [5.74, 6) is 0.962. The summed E-state index contributed by atoms with van der Waals surface area (Å²) in [5.41, 5.74) is 0.948. The Balaban J connectivity index is 2.13. The van der Waals surface area contributed by atoms with E-state index in [1.165, 1.54) is 0 Å². The van der Waals surface area contributed by atoms with Crippen LogP contribution in [0.2, 0.25) is 0 Å². The molecule has 0 saturated carbocycles. The summed E-state index contributed by atoms with van der Waals surface area (Å²) in [6.45, 7) is 2.04. The number of rotatable bonds is 3. The summed E-state index contributed by atoms with van der Waals surface area (Å²) >= 11 is 0. The van der Waals surface area contributed by atoms with Gasteiger partial charge in [-0.25, -0.2) is 4.98 Å². The number of aromatic nitrogens is 1. The fourth-order valence-electron chi connectivity index (χ4n) is 1.46. The second-order valence-electron chi connectivity index (χ2n) is 3.50. The standard InChI is InChI=1S/C12H11N3O2/c1-8-15-10(6-13)12(17-8)14-7-9-4-2-3-5-11(9)16/h2-5,14,16H,7H2,1H3. The monoisotopic (exact) mass is 229 g/mol. The van der Waals surface area contributed by atoms with E-state index in [0.717, 1.165) is 5.56 Å². The molecule has 86 valence electrons. The number of nitriles is 1. The molecule has 2 aromatic rings. The Morgan fingerprint density at radius 2 is 2.24 bits per heavy atom. The van der Waals surface area contributed by atoms with E-state index >= 15 is 0 Å². The van der Waals surface area contributed by atoms with Gasteiger partial charge in [-0.15, -0.1) is 0 Å². The number of nitrogens with zero attached hydrogens (tertiary/aromatic N) is 2. The number of nitrogens with one attached hydrogen (secondary N) is 1. The molecule has 0 radical (unpaired) electrons. The number of aromatic hydroxyl groups is 1. The smallest absolute Gasteiger partial charge is 0.232 e. The van der Waals surface area contributed by atoms with Crippen molar-refractivity contribution in [1.82, 2.24) is 4.98 Å². The highest BCUT2D eigenvalue weighted by molar-refractivity contribution is 5.46. The molecule has 0 saturated heterocycles. The van der Waals surface area contributed by atoms with Crippen molar-refractivity contribution in [3.05, 3.63) is 41.4 Å². The van der Waals surface area contributed by atoms with Crippen LogP contribution >= 0.6 is 0 Å². The maximum atomic E-state index is 9.57. The lowest BCUT2D eigenvalue weighted by molar-refractivity contribution is 0.468. The van der Waals surface area contributed by atoms with Crippen LogP contribution in [-0.4, -0.2) is 10.1 Å². The highest BCUT2D eigenvalue weighted by Crippen LogP contribution is 2.20. The molecule has 0 bridgehead atoms. The zero-order valence-corrected chi connectivity index (χ0v) is 9.27. The van der Waals surface area contributed by atoms with Crippen LogP contribution in [0.4, 0.5) is 5.88 Å². The molecule has 5 heteroatoms. The summed E-state index contributed by atoms with van der Waals surface area (Å²) in [5, 5.41) is 21.3. The van der Waals surface area contributed by atoms with Gasteiger partial charge in [0.05, 0.1) is 0 Å². The number of aryl methyl sites for hydroxylation is 1. The maximum Gasteiger partial charge on any atom is 0.232 e. The number of oxazole rings is 1. The molecule has 2 rings (SSSR count). The van der Waals surface area contributed by atoms with Gasteiger partial charge >= 0.3 is 0 Å². The van der Waals surface area contributed by atoms with Gasteiger partial charge < -0.3 is 14.8 Å². The summed E-state index contributed by atoms with van der Waals surface area (Å²) < 4.78 is 5.24. The summed E-state index contributed by atoms with van der Waals surface area (Å²) in [6.07, 6.45) is 0. The molecule has 1 aromatic carbocycles. The Kier molecular flexibility index (Phi) is 2.97. The number of anilines is 1. The van der Waals surface area contributed by atoms with Crippen molar-refractivity contribution in [1.29, 1.82) is 5.26 Å². The first-order chi connectivity index (χ1) is 8.20. The predicted molar refractivity (Wildman–Crippen MR) is 61.4 cm³/mol. The van der Waals surface area contributed by atoms with Crippen molar-refractivity contribution in [3.8, 4) is 11.8 Å². The summed E-state index contributed by atoms with van der Waals surface area (Å²) in [6, 6.07) is 8.91. The number of hydrogen-bond acceptors (Lipinski definition) is 5. The van der Waals surface area contributed by atoms with Gasteiger partial charge in [-0.2, -0.15) is 5.26 Å². The van der Waals surface area contributed by atoms with Gasteiger partial charge in [0.15, 0.2) is 5.89 Å². The molecule has 5 nitrogen and oxygen atoms in total. The van der Waals surface area contributed by atoms with Crippen molar-refractivity contribution in [2.45, 2.75) is 13.5 Å². The molecule has 1 aromatic heterocycles. The number of phenols is 1. The van der Waals surface area contributed by atoms with E-state index < -0.39 is 0 Å². The number of hydrogen-bond donors (Lipinski definition) is 2. The van der Waals surface area contributed by atoms with E-state index in [1.54, 1.807) is 25.1 Å². The van der Waals surface area contributed by atoms with Crippen molar-refractivity contribution in [2.24, 2.45) is 0 Å². The molecular formula is C12H11N3O2. The predicted octanol–water partition coefficient (Wildman–Crippen LogP) is 2.17. The van der Waals surface area contributed by atoms with Crippen LogP contribution in [0.3, 0.4) is 0 Å². The van der Waals surface area contributed by atoms with Gasteiger partial charge in [0.2, 0.25) is 11.6 Å².